The highest BCUT2D eigenvalue weighted by atomic mass is 16.5. The van der Waals surface area contributed by atoms with Crippen molar-refractivity contribution in [3.63, 3.8) is 0 Å². The van der Waals surface area contributed by atoms with Gasteiger partial charge in [0.1, 0.15) is 5.69 Å². The molecule has 0 unspecified atom stereocenters. The Kier molecular flexibility index (Phi) is 5.71. The van der Waals surface area contributed by atoms with Gasteiger partial charge in [0.05, 0.1) is 12.3 Å². The van der Waals surface area contributed by atoms with Gasteiger partial charge in [-0.25, -0.2) is 0 Å². The highest BCUT2D eigenvalue weighted by Gasteiger charge is 2.16. The van der Waals surface area contributed by atoms with Gasteiger partial charge in [0.15, 0.2) is 0 Å². The number of carbonyl (C=O) groups excluding carboxylic acids is 1. The zero-order valence-electron chi connectivity index (χ0n) is 11.5. The van der Waals surface area contributed by atoms with E-state index < -0.39 is 0 Å². The average molecular weight is 253 g/mol. The van der Waals surface area contributed by atoms with Gasteiger partial charge in [-0.15, -0.1) is 0 Å². The summed E-state index contributed by atoms with van der Waals surface area (Å²) in [6.45, 7) is 6.63. The lowest BCUT2D eigenvalue weighted by Gasteiger charge is -2.18. The molecule has 0 saturated carbocycles. The molecule has 0 saturated heterocycles. The van der Waals surface area contributed by atoms with E-state index >= 15 is 0 Å². The van der Waals surface area contributed by atoms with Crippen LogP contribution in [0.1, 0.15) is 30.8 Å². The fourth-order valence-corrected chi connectivity index (χ4v) is 1.78. The Morgan fingerprint density at radius 2 is 2.22 bits per heavy atom. The van der Waals surface area contributed by atoms with E-state index in [1.165, 1.54) is 0 Å². The number of amides is 1. The van der Waals surface area contributed by atoms with Crippen LogP contribution in [0.25, 0.3) is 0 Å². The van der Waals surface area contributed by atoms with Gasteiger partial charge in [0.25, 0.3) is 5.91 Å². The monoisotopic (exact) mass is 253 g/mol. The van der Waals surface area contributed by atoms with Crippen molar-refractivity contribution in [3.05, 3.63) is 18.0 Å². The van der Waals surface area contributed by atoms with E-state index in [0.29, 0.717) is 31.1 Å². The fraction of sp³-hybridized carbons (Fsp3) is 0.615. The van der Waals surface area contributed by atoms with Crippen molar-refractivity contribution in [2.75, 3.05) is 32.5 Å². The van der Waals surface area contributed by atoms with Crippen LogP contribution in [0.3, 0.4) is 0 Å². The third-order valence-corrected chi connectivity index (χ3v) is 2.72. The van der Waals surface area contributed by atoms with Crippen LogP contribution < -0.4 is 5.73 Å². The average Bonchev–Trinajstić information content (AvgIpc) is 2.70. The van der Waals surface area contributed by atoms with Crippen molar-refractivity contribution in [3.8, 4) is 0 Å². The first-order valence-electron chi connectivity index (χ1n) is 6.39. The maximum Gasteiger partial charge on any atom is 0.270 e. The first-order chi connectivity index (χ1) is 8.60. The molecular weight excluding hydrogens is 230 g/mol. The van der Waals surface area contributed by atoms with E-state index in [0.717, 1.165) is 13.0 Å². The molecule has 0 atom stereocenters. The minimum atomic E-state index is -0.0140. The summed E-state index contributed by atoms with van der Waals surface area (Å²) in [6.07, 6.45) is 2.78. The molecule has 18 heavy (non-hydrogen) atoms. The molecule has 0 radical (unpaired) electrons. The minimum Gasteiger partial charge on any atom is -0.397 e. The van der Waals surface area contributed by atoms with Gasteiger partial charge < -0.3 is 19.9 Å². The Balaban J connectivity index is 2.70. The summed E-state index contributed by atoms with van der Waals surface area (Å²) in [5.41, 5.74) is 7.03. The van der Waals surface area contributed by atoms with Crippen LogP contribution in [0, 0.1) is 0 Å². The van der Waals surface area contributed by atoms with Crippen molar-refractivity contribution in [2.45, 2.75) is 26.8 Å². The van der Waals surface area contributed by atoms with Crippen LogP contribution in [0.15, 0.2) is 12.3 Å². The van der Waals surface area contributed by atoms with Crippen LogP contribution >= 0.6 is 0 Å². The Hall–Kier alpha value is -1.49. The lowest BCUT2D eigenvalue weighted by molar-refractivity contribution is 0.0700. The van der Waals surface area contributed by atoms with Crippen molar-refractivity contribution in [1.29, 1.82) is 0 Å². The van der Waals surface area contributed by atoms with Crippen molar-refractivity contribution in [1.82, 2.24) is 9.47 Å². The molecule has 1 rings (SSSR count). The van der Waals surface area contributed by atoms with Gasteiger partial charge in [-0.1, -0.05) is 6.92 Å². The number of aromatic nitrogens is 1. The number of carbonyl (C=O) groups is 1. The third-order valence-electron chi connectivity index (χ3n) is 2.72. The second kappa shape index (κ2) is 7.06. The molecule has 0 aliphatic carbocycles. The first kappa shape index (κ1) is 14.6. The number of hydrogen-bond acceptors (Lipinski definition) is 3. The molecule has 5 heteroatoms. The van der Waals surface area contributed by atoms with Gasteiger partial charge in [0, 0.05) is 32.9 Å². The highest BCUT2D eigenvalue weighted by molar-refractivity contribution is 5.93. The molecule has 1 heterocycles. The van der Waals surface area contributed by atoms with Gasteiger partial charge in [-0.3, -0.25) is 4.79 Å². The molecule has 0 aliphatic heterocycles. The topological polar surface area (TPSA) is 60.5 Å². The number of ether oxygens (including phenoxy) is 1. The van der Waals surface area contributed by atoms with Crippen molar-refractivity contribution < 1.29 is 9.53 Å². The SMILES string of the molecule is CCCn1cc(N)cc1C(=O)N(C)CCOCC. The lowest BCUT2D eigenvalue weighted by atomic mass is 10.3. The Morgan fingerprint density at radius 1 is 1.50 bits per heavy atom. The van der Waals surface area contributed by atoms with Gasteiger partial charge in [-0.2, -0.15) is 0 Å². The van der Waals surface area contributed by atoms with Crippen LogP contribution in [0.2, 0.25) is 0 Å². The summed E-state index contributed by atoms with van der Waals surface area (Å²) in [5.74, 6) is -0.0140. The molecular formula is C13H23N3O2. The van der Waals surface area contributed by atoms with E-state index in [9.17, 15) is 4.79 Å². The summed E-state index contributed by atoms with van der Waals surface area (Å²) in [6, 6.07) is 1.73. The zero-order chi connectivity index (χ0) is 13.5. The van der Waals surface area contributed by atoms with Crippen molar-refractivity contribution >= 4 is 11.6 Å². The first-order valence-corrected chi connectivity index (χ1v) is 6.39. The van der Waals surface area contributed by atoms with E-state index in [-0.39, 0.29) is 5.91 Å². The summed E-state index contributed by atoms with van der Waals surface area (Å²) in [4.78, 5) is 13.9. The summed E-state index contributed by atoms with van der Waals surface area (Å²) in [5, 5.41) is 0. The maximum atomic E-state index is 12.2. The summed E-state index contributed by atoms with van der Waals surface area (Å²) < 4.78 is 7.16. The second-order valence-electron chi connectivity index (χ2n) is 4.28. The number of nitrogen functional groups attached to an aromatic ring is 1. The number of hydrogen-bond donors (Lipinski definition) is 1. The standard InChI is InChI=1S/C13H23N3O2/c1-4-6-16-10-11(14)9-12(16)13(17)15(3)7-8-18-5-2/h9-10H,4-8,14H2,1-3H3. The fourth-order valence-electron chi connectivity index (χ4n) is 1.78. The molecule has 0 spiro atoms. The number of aryl methyl sites for hydroxylation is 1. The molecule has 0 fully saturated rings. The van der Waals surface area contributed by atoms with Crippen LogP contribution in [-0.4, -0.2) is 42.2 Å². The lowest BCUT2D eigenvalue weighted by Crippen LogP contribution is -2.31. The predicted molar refractivity (Wildman–Crippen MR) is 72.6 cm³/mol. The van der Waals surface area contributed by atoms with Gasteiger partial charge in [0.2, 0.25) is 0 Å². The number of rotatable bonds is 7. The number of anilines is 1. The molecule has 0 aliphatic rings. The van der Waals surface area contributed by atoms with Crippen molar-refractivity contribution in [2.24, 2.45) is 0 Å². The van der Waals surface area contributed by atoms with E-state index in [4.69, 9.17) is 10.5 Å². The molecule has 5 nitrogen and oxygen atoms in total. The molecule has 2 N–H and O–H groups in total. The van der Waals surface area contributed by atoms with E-state index in [1.54, 1.807) is 18.0 Å². The van der Waals surface area contributed by atoms with Crippen LogP contribution in [-0.2, 0) is 11.3 Å². The summed E-state index contributed by atoms with van der Waals surface area (Å²) in [7, 11) is 1.78. The molecule has 0 bridgehead atoms. The van der Waals surface area contributed by atoms with Gasteiger partial charge in [-0.05, 0) is 19.4 Å². The normalized spacial score (nSPS) is 10.6. The number of likely N-dealkylation sites (N-methyl/N-ethyl adjacent to an activating group) is 1. The highest BCUT2D eigenvalue weighted by Crippen LogP contribution is 2.13. The predicted octanol–water partition coefficient (Wildman–Crippen LogP) is 1.59. The largest absolute Gasteiger partial charge is 0.397 e. The molecule has 102 valence electrons. The molecule has 1 aromatic heterocycles. The maximum absolute atomic E-state index is 12.2. The van der Waals surface area contributed by atoms with Gasteiger partial charge >= 0.3 is 0 Å². The summed E-state index contributed by atoms with van der Waals surface area (Å²) >= 11 is 0. The zero-order valence-corrected chi connectivity index (χ0v) is 11.5. The minimum absolute atomic E-state index is 0.0140. The number of nitrogens with zero attached hydrogens (tertiary/aromatic N) is 2. The Labute approximate surface area is 109 Å². The smallest absolute Gasteiger partial charge is 0.270 e. The third kappa shape index (κ3) is 3.77. The molecule has 1 amide bonds. The quantitative estimate of drug-likeness (QED) is 0.751. The second-order valence-corrected chi connectivity index (χ2v) is 4.28. The van der Waals surface area contributed by atoms with Crippen LogP contribution in [0.5, 0.6) is 0 Å². The van der Waals surface area contributed by atoms with E-state index in [1.807, 2.05) is 17.7 Å². The Bertz CT molecular complexity index is 388. The van der Waals surface area contributed by atoms with Crippen LogP contribution in [0.4, 0.5) is 5.69 Å². The Morgan fingerprint density at radius 3 is 2.83 bits per heavy atom. The molecule has 0 aromatic carbocycles. The molecule has 1 aromatic rings. The number of nitrogens with two attached hydrogens (primary N) is 1. The van der Waals surface area contributed by atoms with E-state index in [2.05, 4.69) is 6.92 Å².